The van der Waals surface area contributed by atoms with Crippen molar-refractivity contribution in [3.05, 3.63) is 40.9 Å². The van der Waals surface area contributed by atoms with E-state index in [1.165, 1.54) is 6.42 Å². The first-order chi connectivity index (χ1) is 8.31. The first kappa shape index (κ1) is 12.5. The van der Waals surface area contributed by atoms with Gasteiger partial charge in [0.1, 0.15) is 11.9 Å². The Hall–Kier alpha value is -0.990. The highest BCUT2D eigenvalue weighted by Crippen LogP contribution is 2.31. The van der Waals surface area contributed by atoms with E-state index >= 15 is 0 Å². The van der Waals surface area contributed by atoms with Crippen LogP contribution in [0.15, 0.2) is 30.4 Å². The molecule has 1 atom stereocenters. The van der Waals surface area contributed by atoms with E-state index in [1.807, 2.05) is 25.2 Å². The molecular weight excluding hydrogens is 234 g/mol. The van der Waals surface area contributed by atoms with E-state index in [1.54, 1.807) is 0 Å². The van der Waals surface area contributed by atoms with Gasteiger partial charge in [0.2, 0.25) is 0 Å². The third-order valence-corrected chi connectivity index (χ3v) is 3.19. The average molecular weight is 252 g/mol. The molecule has 3 heteroatoms. The third kappa shape index (κ3) is 3.24. The molecule has 2 rings (SSSR count). The molecule has 0 saturated carbocycles. The molecule has 0 radical (unpaired) electrons. The molecule has 0 heterocycles. The Morgan fingerprint density at radius 1 is 1.47 bits per heavy atom. The van der Waals surface area contributed by atoms with Crippen molar-refractivity contribution in [2.24, 2.45) is 0 Å². The fraction of sp³-hybridized carbons (Fsp3) is 0.429. The van der Waals surface area contributed by atoms with Gasteiger partial charge in [0, 0.05) is 12.1 Å². The molecule has 0 fully saturated rings. The molecule has 1 aromatic rings. The number of benzene rings is 1. The predicted octanol–water partition coefficient (Wildman–Crippen LogP) is 3.55. The van der Waals surface area contributed by atoms with Gasteiger partial charge in [-0.2, -0.15) is 0 Å². The van der Waals surface area contributed by atoms with Crippen molar-refractivity contribution in [1.82, 2.24) is 5.32 Å². The van der Waals surface area contributed by atoms with Gasteiger partial charge < -0.3 is 10.1 Å². The van der Waals surface area contributed by atoms with E-state index in [4.69, 9.17) is 16.3 Å². The molecule has 2 nitrogen and oxygen atoms in total. The van der Waals surface area contributed by atoms with Crippen LogP contribution in [0, 0.1) is 0 Å². The van der Waals surface area contributed by atoms with Crippen molar-refractivity contribution in [1.29, 1.82) is 0 Å². The van der Waals surface area contributed by atoms with Crippen LogP contribution in [0.5, 0.6) is 5.75 Å². The van der Waals surface area contributed by atoms with Gasteiger partial charge in [-0.3, -0.25) is 0 Å². The first-order valence-electron chi connectivity index (χ1n) is 6.06. The van der Waals surface area contributed by atoms with E-state index < -0.39 is 0 Å². The maximum atomic E-state index is 6.21. The summed E-state index contributed by atoms with van der Waals surface area (Å²) < 4.78 is 6.01. The van der Waals surface area contributed by atoms with Gasteiger partial charge in [-0.15, -0.1) is 0 Å². The second kappa shape index (κ2) is 6.08. The summed E-state index contributed by atoms with van der Waals surface area (Å²) in [6, 6.07) is 5.88. The van der Waals surface area contributed by atoms with Crippen LogP contribution in [-0.2, 0) is 6.54 Å². The van der Waals surface area contributed by atoms with Crippen LogP contribution in [0.1, 0.15) is 24.8 Å². The summed E-state index contributed by atoms with van der Waals surface area (Å²) in [5.41, 5.74) is 1.11. The molecule has 17 heavy (non-hydrogen) atoms. The highest BCUT2D eigenvalue weighted by molar-refractivity contribution is 6.32. The van der Waals surface area contributed by atoms with Gasteiger partial charge in [0.05, 0.1) is 5.02 Å². The molecule has 1 aliphatic rings. The Labute approximate surface area is 108 Å². The van der Waals surface area contributed by atoms with Crippen LogP contribution in [0.25, 0.3) is 0 Å². The van der Waals surface area contributed by atoms with E-state index in [2.05, 4.69) is 17.5 Å². The quantitative estimate of drug-likeness (QED) is 0.827. The average Bonchev–Trinajstić information content (AvgIpc) is 2.35. The van der Waals surface area contributed by atoms with Crippen molar-refractivity contribution >= 4 is 11.6 Å². The fourth-order valence-electron chi connectivity index (χ4n) is 2.05. The summed E-state index contributed by atoms with van der Waals surface area (Å²) in [5.74, 6) is 0.820. The van der Waals surface area contributed by atoms with Crippen LogP contribution >= 0.6 is 11.6 Å². The van der Waals surface area contributed by atoms with Gasteiger partial charge in [-0.25, -0.2) is 0 Å². The Morgan fingerprint density at radius 3 is 3.06 bits per heavy atom. The number of para-hydroxylation sites is 1. The highest BCUT2D eigenvalue weighted by atomic mass is 35.5. The zero-order chi connectivity index (χ0) is 12.1. The monoisotopic (exact) mass is 251 g/mol. The molecule has 0 saturated heterocycles. The Balaban J connectivity index is 2.17. The third-order valence-electron chi connectivity index (χ3n) is 2.90. The highest BCUT2D eigenvalue weighted by Gasteiger charge is 2.14. The lowest BCUT2D eigenvalue weighted by atomic mass is 10.1. The van der Waals surface area contributed by atoms with E-state index in [0.29, 0.717) is 5.02 Å². The Bertz CT molecular complexity index is 403. The van der Waals surface area contributed by atoms with Crippen LogP contribution in [0.2, 0.25) is 5.02 Å². The van der Waals surface area contributed by atoms with Gasteiger partial charge >= 0.3 is 0 Å². The summed E-state index contributed by atoms with van der Waals surface area (Å²) in [6.45, 7) is 0.770. The standard InChI is InChI=1S/C14H18ClNO/c1-16-10-11-6-5-9-13(15)14(11)17-12-7-3-2-4-8-12/h3,5-7,9,12,16H,2,4,8,10H2,1H3. The van der Waals surface area contributed by atoms with Crippen LogP contribution < -0.4 is 10.1 Å². The smallest absolute Gasteiger partial charge is 0.143 e. The van der Waals surface area contributed by atoms with Crippen molar-refractivity contribution in [2.45, 2.75) is 31.9 Å². The molecule has 0 spiro atoms. The SMILES string of the molecule is CNCc1cccc(Cl)c1OC1C=CCCC1. The lowest BCUT2D eigenvalue weighted by Crippen LogP contribution is -2.17. The Morgan fingerprint density at radius 2 is 2.35 bits per heavy atom. The summed E-state index contributed by atoms with van der Waals surface area (Å²) in [5, 5.41) is 3.82. The van der Waals surface area contributed by atoms with E-state index in [-0.39, 0.29) is 6.10 Å². The summed E-state index contributed by atoms with van der Waals surface area (Å²) in [7, 11) is 1.92. The van der Waals surface area contributed by atoms with Crippen molar-refractivity contribution < 1.29 is 4.74 Å². The van der Waals surface area contributed by atoms with E-state index in [9.17, 15) is 0 Å². The number of hydrogen-bond donors (Lipinski definition) is 1. The Kier molecular flexibility index (Phi) is 4.46. The first-order valence-corrected chi connectivity index (χ1v) is 6.44. The number of ether oxygens (including phenoxy) is 1. The molecule has 0 bridgehead atoms. The minimum absolute atomic E-state index is 0.166. The maximum Gasteiger partial charge on any atom is 0.143 e. The number of hydrogen-bond acceptors (Lipinski definition) is 2. The molecular formula is C14H18ClNO. The zero-order valence-corrected chi connectivity index (χ0v) is 10.8. The van der Waals surface area contributed by atoms with Crippen LogP contribution in [0.4, 0.5) is 0 Å². The lowest BCUT2D eigenvalue weighted by Gasteiger charge is -2.21. The predicted molar refractivity (Wildman–Crippen MR) is 71.6 cm³/mol. The van der Waals surface area contributed by atoms with Gasteiger partial charge in [-0.1, -0.05) is 29.8 Å². The molecule has 0 amide bonds. The summed E-state index contributed by atoms with van der Waals surface area (Å²) in [6.07, 6.45) is 7.90. The number of allylic oxidation sites excluding steroid dienone is 1. The summed E-state index contributed by atoms with van der Waals surface area (Å²) in [4.78, 5) is 0. The van der Waals surface area contributed by atoms with Crippen LogP contribution in [-0.4, -0.2) is 13.2 Å². The number of rotatable bonds is 4. The van der Waals surface area contributed by atoms with Crippen LogP contribution in [0.3, 0.4) is 0 Å². The molecule has 0 aromatic heterocycles. The molecule has 92 valence electrons. The lowest BCUT2D eigenvalue weighted by molar-refractivity contribution is 0.227. The largest absolute Gasteiger partial charge is 0.484 e. The second-order valence-corrected chi connectivity index (χ2v) is 4.68. The van der Waals surface area contributed by atoms with Crippen molar-refractivity contribution in [2.75, 3.05) is 7.05 Å². The number of halogens is 1. The minimum atomic E-state index is 0.166. The summed E-state index contributed by atoms with van der Waals surface area (Å²) >= 11 is 6.21. The van der Waals surface area contributed by atoms with Gasteiger partial charge in [-0.05, 0) is 38.5 Å². The van der Waals surface area contributed by atoms with Crippen molar-refractivity contribution in [3.63, 3.8) is 0 Å². The normalized spacial score (nSPS) is 19.3. The zero-order valence-electron chi connectivity index (χ0n) is 10.1. The molecule has 1 unspecified atom stereocenters. The minimum Gasteiger partial charge on any atom is -0.484 e. The topological polar surface area (TPSA) is 21.3 Å². The number of nitrogens with one attached hydrogen (secondary N) is 1. The van der Waals surface area contributed by atoms with Gasteiger partial charge in [0.15, 0.2) is 0 Å². The van der Waals surface area contributed by atoms with Gasteiger partial charge in [0.25, 0.3) is 0 Å². The second-order valence-electron chi connectivity index (χ2n) is 4.27. The fourth-order valence-corrected chi connectivity index (χ4v) is 2.28. The molecule has 1 N–H and O–H groups in total. The molecule has 0 aliphatic heterocycles. The molecule has 1 aliphatic carbocycles. The van der Waals surface area contributed by atoms with Crippen molar-refractivity contribution in [3.8, 4) is 5.75 Å². The molecule has 1 aromatic carbocycles. The maximum absolute atomic E-state index is 6.21. The van der Waals surface area contributed by atoms with E-state index in [0.717, 1.165) is 30.7 Å².